The van der Waals surface area contributed by atoms with E-state index in [1.807, 2.05) is 24.3 Å². The van der Waals surface area contributed by atoms with E-state index in [1.54, 1.807) is 7.11 Å². The minimum atomic E-state index is 0.356. The van der Waals surface area contributed by atoms with Gasteiger partial charge in [0.2, 0.25) is 0 Å². The summed E-state index contributed by atoms with van der Waals surface area (Å²) in [5.74, 6) is 2.15. The molecule has 2 aromatic carbocycles. The fraction of sp³-hybridized carbons (Fsp3) is 0.333. The van der Waals surface area contributed by atoms with Crippen molar-refractivity contribution in [1.29, 1.82) is 0 Å². The van der Waals surface area contributed by atoms with Crippen LogP contribution in [0.3, 0.4) is 0 Å². The van der Waals surface area contributed by atoms with Gasteiger partial charge in [0.05, 0.1) is 7.11 Å². The summed E-state index contributed by atoms with van der Waals surface area (Å²) < 4.78 is 11.3. The van der Waals surface area contributed by atoms with E-state index in [0.717, 1.165) is 29.9 Å². The molecule has 1 saturated carbocycles. The number of hydrogen-bond donors (Lipinski definition) is 1. The Morgan fingerprint density at radius 1 is 1.05 bits per heavy atom. The summed E-state index contributed by atoms with van der Waals surface area (Å²) in [6, 6.07) is 16.7. The number of hydrogen-bond acceptors (Lipinski definition) is 3. The third kappa shape index (κ3) is 3.19. The van der Waals surface area contributed by atoms with Gasteiger partial charge in [-0.2, -0.15) is 0 Å². The molecule has 2 N–H and O–H groups in total. The molecule has 2 aromatic rings. The van der Waals surface area contributed by atoms with E-state index >= 15 is 0 Å². The highest BCUT2D eigenvalue weighted by atomic mass is 16.5. The van der Waals surface area contributed by atoms with E-state index < -0.39 is 0 Å². The molecular formula is C18H21NO2. The Morgan fingerprint density at radius 2 is 1.81 bits per heavy atom. The molecule has 0 radical (unpaired) electrons. The quantitative estimate of drug-likeness (QED) is 0.913. The van der Waals surface area contributed by atoms with Crippen LogP contribution >= 0.6 is 0 Å². The summed E-state index contributed by atoms with van der Waals surface area (Å²) in [6.07, 6.45) is 2.13. The van der Waals surface area contributed by atoms with Gasteiger partial charge in [0.15, 0.2) is 11.5 Å². The second-order valence-corrected chi connectivity index (χ2v) is 5.61. The summed E-state index contributed by atoms with van der Waals surface area (Å²) in [5.41, 5.74) is 8.30. The summed E-state index contributed by atoms with van der Waals surface area (Å²) in [6.45, 7) is 0.546. The fourth-order valence-electron chi connectivity index (χ4n) is 2.73. The number of nitrogens with two attached hydrogens (primary N) is 1. The molecule has 0 unspecified atom stereocenters. The first kappa shape index (κ1) is 14.0. The molecule has 1 aliphatic rings. The monoisotopic (exact) mass is 283 g/mol. The highest BCUT2D eigenvalue weighted by molar-refractivity contribution is 5.44. The maximum absolute atomic E-state index is 5.87. The molecule has 0 heterocycles. The number of rotatable bonds is 5. The van der Waals surface area contributed by atoms with Crippen LogP contribution in [0.4, 0.5) is 0 Å². The molecule has 0 bridgehead atoms. The molecule has 0 saturated heterocycles. The first-order valence-electron chi connectivity index (χ1n) is 7.36. The molecule has 0 amide bonds. The summed E-state index contributed by atoms with van der Waals surface area (Å²) in [7, 11) is 1.68. The van der Waals surface area contributed by atoms with Crippen molar-refractivity contribution in [2.24, 2.45) is 5.73 Å². The van der Waals surface area contributed by atoms with Crippen LogP contribution in [0.25, 0.3) is 0 Å². The molecule has 1 fully saturated rings. The van der Waals surface area contributed by atoms with Gasteiger partial charge in [-0.25, -0.2) is 0 Å². The number of ether oxygens (including phenoxy) is 2. The van der Waals surface area contributed by atoms with E-state index in [0.29, 0.717) is 18.6 Å². The molecular weight excluding hydrogens is 262 g/mol. The smallest absolute Gasteiger partial charge is 0.161 e. The van der Waals surface area contributed by atoms with Gasteiger partial charge in [0, 0.05) is 6.04 Å². The average Bonchev–Trinajstić information content (AvgIpc) is 2.51. The van der Waals surface area contributed by atoms with Crippen LogP contribution in [0.5, 0.6) is 11.5 Å². The molecule has 110 valence electrons. The Bertz CT molecular complexity index is 591. The average molecular weight is 283 g/mol. The van der Waals surface area contributed by atoms with Gasteiger partial charge in [-0.1, -0.05) is 36.4 Å². The Kier molecular flexibility index (Phi) is 4.11. The lowest BCUT2D eigenvalue weighted by Crippen LogP contribution is -2.34. The minimum absolute atomic E-state index is 0.356. The Morgan fingerprint density at radius 3 is 2.48 bits per heavy atom. The molecule has 3 rings (SSSR count). The Balaban J connectivity index is 1.70. The molecule has 21 heavy (non-hydrogen) atoms. The van der Waals surface area contributed by atoms with Crippen LogP contribution in [0.15, 0.2) is 48.5 Å². The van der Waals surface area contributed by atoms with E-state index in [1.165, 1.54) is 5.56 Å². The number of methoxy groups -OCH3 is 1. The van der Waals surface area contributed by atoms with Gasteiger partial charge in [0.25, 0.3) is 0 Å². The fourth-order valence-corrected chi connectivity index (χ4v) is 2.73. The van der Waals surface area contributed by atoms with E-state index in [2.05, 4.69) is 24.3 Å². The van der Waals surface area contributed by atoms with Crippen LogP contribution in [0.1, 0.15) is 29.9 Å². The first-order chi connectivity index (χ1) is 10.3. The summed E-state index contributed by atoms with van der Waals surface area (Å²) in [5, 5.41) is 0. The van der Waals surface area contributed by atoms with Gasteiger partial charge in [-0.05, 0) is 42.0 Å². The predicted octanol–water partition coefficient (Wildman–Crippen LogP) is 3.48. The van der Waals surface area contributed by atoms with E-state index in [9.17, 15) is 0 Å². The molecule has 3 nitrogen and oxygen atoms in total. The van der Waals surface area contributed by atoms with Gasteiger partial charge in [-0.3, -0.25) is 0 Å². The predicted molar refractivity (Wildman–Crippen MR) is 83.7 cm³/mol. The topological polar surface area (TPSA) is 44.5 Å². The van der Waals surface area contributed by atoms with Crippen LogP contribution in [-0.4, -0.2) is 13.2 Å². The van der Waals surface area contributed by atoms with Crippen molar-refractivity contribution < 1.29 is 9.47 Å². The lowest BCUT2D eigenvalue weighted by atomic mass is 9.76. The zero-order valence-corrected chi connectivity index (χ0v) is 12.3. The van der Waals surface area contributed by atoms with Crippen LogP contribution in [0, 0.1) is 0 Å². The Hall–Kier alpha value is -2.00. The van der Waals surface area contributed by atoms with Crippen LogP contribution in [-0.2, 0) is 6.61 Å². The van der Waals surface area contributed by atoms with Crippen LogP contribution in [0.2, 0.25) is 0 Å². The third-order valence-electron chi connectivity index (χ3n) is 4.07. The number of benzene rings is 2. The van der Waals surface area contributed by atoms with Crippen molar-refractivity contribution in [1.82, 2.24) is 0 Å². The van der Waals surface area contributed by atoms with Crippen molar-refractivity contribution >= 4 is 0 Å². The van der Waals surface area contributed by atoms with Crippen molar-refractivity contribution in [3.05, 3.63) is 59.7 Å². The zero-order chi connectivity index (χ0) is 14.7. The molecule has 1 aliphatic carbocycles. The van der Waals surface area contributed by atoms with Gasteiger partial charge in [-0.15, -0.1) is 0 Å². The largest absolute Gasteiger partial charge is 0.493 e. The standard InChI is InChI=1S/C18H21NO2/c1-20-18-11-14(15-9-16(19)10-15)7-8-17(18)21-12-13-5-3-2-4-6-13/h2-8,11,15-16H,9-10,12,19H2,1H3. The Labute approximate surface area is 125 Å². The molecule has 0 spiro atoms. The zero-order valence-electron chi connectivity index (χ0n) is 12.3. The van der Waals surface area contributed by atoms with Crippen molar-refractivity contribution in [3.63, 3.8) is 0 Å². The van der Waals surface area contributed by atoms with Gasteiger partial charge in [0.1, 0.15) is 6.61 Å². The maximum atomic E-state index is 5.87. The van der Waals surface area contributed by atoms with Gasteiger partial charge < -0.3 is 15.2 Å². The van der Waals surface area contributed by atoms with Crippen molar-refractivity contribution in [2.45, 2.75) is 31.4 Å². The maximum Gasteiger partial charge on any atom is 0.161 e. The second kappa shape index (κ2) is 6.19. The normalized spacial score (nSPS) is 20.7. The van der Waals surface area contributed by atoms with Crippen molar-refractivity contribution in [3.8, 4) is 11.5 Å². The van der Waals surface area contributed by atoms with Crippen LogP contribution < -0.4 is 15.2 Å². The van der Waals surface area contributed by atoms with Crippen molar-refractivity contribution in [2.75, 3.05) is 7.11 Å². The second-order valence-electron chi connectivity index (χ2n) is 5.61. The summed E-state index contributed by atoms with van der Waals surface area (Å²) in [4.78, 5) is 0. The highest BCUT2D eigenvalue weighted by Gasteiger charge is 2.27. The third-order valence-corrected chi connectivity index (χ3v) is 4.07. The lowest BCUT2D eigenvalue weighted by Gasteiger charge is -2.33. The lowest BCUT2D eigenvalue weighted by molar-refractivity contribution is 0.283. The van der Waals surface area contributed by atoms with E-state index in [4.69, 9.17) is 15.2 Å². The molecule has 0 aliphatic heterocycles. The molecule has 0 aromatic heterocycles. The summed E-state index contributed by atoms with van der Waals surface area (Å²) >= 11 is 0. The highest BCUT2D eigenvalue weighted by Crippen LogP contribution is 2.39. The SMILES string of the molecule is COc1cc(C2CC(N)C2)ccc1OCc1ccccc1. The van der Waals surface area contributed by atoms with E-state index in [-0.39, 0.29) is 0 Å². The van der Waals surface area contributed by atoms with Gasteiger partial charge >= 0.3 is 0 Å². The molecule has 0 atom stereocenters. The minimum Gasteiger partial charge on any atom is -0.493 e. The first-order valence-corrected chi connectivity index (χ1v) is 7.36. The molecule has 3 heteroatoms.